The Balaban J connectivity index is 1.60. The van der Waals surface area contributed by atoms with Crippen molar-refractivity contribution < 1.29 is 9.53 Å². The van der Waals surface area contributed by atoms with Gasteiger partial charge in [0.2, 0.25) is 11.8 Å². The molecular formula is C20H26N4O2. The van der Waals surface area contributed by atoms with Crippen molar-refractivity contribution >= 4 is 17.5 Å². The van der Waals surface area contributed by atoms with E-state index in [1.807, 2.05) is 38.1 Å². The summed E-state index contributed by atoms with van der Waals surface area (Å²) in [6, 6.07) is 9.41. The fourth-order valence-electron chi connectivity index (χ4n) is 3.08. The van der Waals surface area contributed by atoms with E-state index in [1.165, 1.54) is 6.42 Å². The maximum absolute atomic E-state index is 12.1. The fourth-order valence-corrected chi connectivity index (χ4v) is 3.08. The van der Waals surface area contributed by atoms with Gasteiger partial charge in [0, 0.05) is 30.5 Å². The third-order valence-electron chi connectivity index (χ3n) is 4.45. The van der Waals surface area contributed by atoms with Crippen LogP contribution in [0, 0.1) is 19.8 Å². The van der Waals surface area contributed by atoms with Gasteiger partial charge in [0.1, 0.15) is 0 Å². The van der Waals surface area contributed by atoms with Crippen molar-refractivity contribution in [1.29, 1.82) is 0 Å². The number of ether oxygens (including phenoxy) is 1. The fraction of sp³-hybridized carbons (Fsp3) is 0.450. The molecule has 3 rings (SSSR count). The molecule has 6 nitrogen and oxygen atoms in total. The van der Waals surface area contributed by atoms with Gasteiger partial charge >= 0.3 is 0 Å². The van der Waals surface area contributed by atoms with E-state index in [4.69, 9.17) is 4.74 Å². The second-order valence-electron chi connectivity index (χ2n) is 7.04. The third kappa shape index (κ3) is 4.94. The highest BCUT2D eigenvalue weighted by Gasteiger charge is 2.19. The third-order valence-corrected chi connectivity index (χ3v) is 4.45. The zero-order valence-electron chi connectivity index (χ0n) is 15.7. The van der Waals surface area contributed by atoms with Crippen molar-refractivity contribution in [1.82, 2.24) is 9.97 Å². The summed E-state index contributed by atoms with van der Waals surface area (Å²) < 4.78 is 5.61. The molecule has 1 fully saturated rings. The molecule has 6 heteroatoms. The topological polar surface area (TPSA) is 67.3 Å². The van der Waals surface area contributed by atoms with E-state index in [0.29, 0.717) is 17.7 Å². The van der Waals surface area contributed by atoms with Gasteiger partial charge in [-0.2, -0.15) is 4.98 Å². The van der Waals surface area contributed by atoms with Gasteiger partial charge in [-0.3, -0.25) is 4.79 Å². The molecule has 1 unspecified atom stereocenters. The van der Waals surface area contributed by atoms with Crippen LogP contribution in [0.2, 0.25) is 0 Å². The van der Waals surface area contributed by atoms with E-state index in [-0.39, 0.29) is 12.5 Å². The average Bonchev–Trinajstić information content (AvgIpc) is 2.61. The molecule has 1 saturated heterocycles. The highest BCUT2D eigenvalue weighted by atomic mass is 16.5. The van der Waals surface area contributed by atoms with Crippen LogP contribution in [0.5, 0.6) is 5.88 Å². The van der Waals surface area contributed by atoms with Crippen LogP contribution in [0.4, 0.5) is 11.6 Å². The lowest BCUT2D eigenvalue weighted by Gasteiger charge is -2.31. The Morgan fingerprint density at radius 1 is 1.27 bits per heavy atom. The number of aromatic nitrogens is 2. The number of hydrogen-bond donors (Lipinski definition) is 1. The van der Waals surface area contributed by atoms with Crippen LogP contribution in [-0.2, 0) is 4.79 Å². The van der Waals surface area contributed by atoms with Crippen LogP contribution >= 0.6 is 0 Å². The van der Waals surface area contributed by atoms with Crippen LogP contribution in [0.1, 0.15) is 31.0 Å². The molecule has 0 spiro atoms. The molecule has 0 radical (unpaired) electrons. The summed E-state index contributed by atoms with van der Waals surface area (Å²) in [4.78, 5) is 23.3. The van der Waals surface area contributed by atoms with Gasteiger partial charge in [0.05, 0.1) is 0 Å². The van der Waals surface area contributed by atoms with E-state index >= 15 is 0 Å². The molecule has 0 bridgehead atoms. The number of hydrogen-bond acceptors (Lipinski definition) is 5. The Labute approximate surface area is 154 Å². The van der Waals surface area contributed by atoms with Gasteiger partial charge in [-0.05, 0) is 44.7 Å². The Morgan fingerprint density at radius 3 is 2.77 bits per heavy atom. The van der Waals surface area contributed by atoms with Crippen molar-refractivity contribution in [2.45, 2.75) is 33.6 Å². The molecule has 2 aromatic rings. The van der Waals surface area contributed by atoms with Crippen molar-refractivity contribution in [2.24, 2.45) is 5.92 Å². The minimum Gasteiger partial charge on any atom is -0.467 e. The second kappa shape index (κ2) is 8.17. The molecule has 1 aromatic carbocycles. The summed E-state index contributed by atoms with van der Waals surface area (Å²) in [5, 5.41) is 2.82. The number of aryl methyl sites for hydroxylation is 2. The smallest absolute Gasteiger partial charge is 0.262 e. The van der Waals surface area contributed by atoms with Gasteiger partial charge in [-0.25, -0.2) is 4.98 Å². The highest BCUT2D eigenvalue weighted by Crippen LogP contribution is 2.22. The summed E-state index contributed by atoms with van der Waals surface area (Å²) in [5.41, 5.74) is 2.74. The molecule has 1 amide bonds. The molecule has 0 saturated carbocycles. The number of rotatable bonds is 5. The van der Waals surface area contributed by atoms with Gasteiger partial charge in [0.25, 0.3) is 5.91 Å². The number of benzene rings is 1. The van der Waals surface area contributed by atoms with Gasteiger partial charge in [-0.1, -0.05) is 24.6 Å². The lowest BCUT2D eigenvalue weighted by molar-refractivity contribution is -0.118. The van der Waals surface area contributed by atoms with Crippen molar-refractivity contribution in [3.63, 3.8) is 0 Å². The summed E-state index contributed by atoms with van der Waals surface area (Å²) in [6.45, 7) is 8.00. The average molecular weight is 354 g/mol. The van der Waals surface area contributed by atoms with E-state index in [2.05, 4.69) is 27.1 Å². The Kier molecular flexibility index (Phi) is 5.71. The minimum absolute atomic E-state index is 0.0832. The van der Waals surface area contributed by atoms with Crippen molar-refractivity contribution in [3.8, 4) is 5.88 Å². The van der Waals surface area contributed by atoms with Gasteiger partial charge < -0.3 is 15.0 Å². The largest absolute Gasteiger partial charge is 0.467 e. The Bertz CT molecular complexity index is 761. The second-order valence-corrected chi connectivity index (χ2v) is 7.04. The molecule has 1 atom stereocenters. The number of carbonyl (C=O) groups is 1. The van der Waals surface area contributed by atoms with E-state index in [1.54, 1.807) is 6.07 Å². The molecule has 138 valence electrons. The standard InChI is InChI=1S/C20H26N4O2/c1-14-6-8-17(9-7-14)22-18(25)13-26-19-11-16(3)21-20(23-19)24-10-4-5-15(2)12-24/h6-9,11,15H,4-5,10,12-13H2,1-3H3,(H,22,25). The summed E-state index contributed by atoms with van der Waals surface area (Å²) >= 11 is 0. The molecule has 1 aliphatic heterocycles. The number of anilines is 2. The summed E-state index contributed by atoms with van der Waals surface area (Å²) in [5.74, 6) is 1.55. The highest BCUT2D eigenvalue weighted by molar-refractivity contribution is 5.91. The maximum atomic E-state index is 12.1. The first-order valence-corrected chi connectivity index (χ1v) is 9.09. The van der Waals surface area contributed by atoms with Gasteiger partial charge in [0.15, 0.2) is 6.61 Å². The predicted octanol–water partition coefficient (Wildman–Crippen LogP) is 3.35. The molecule has 26 heavy (non-hydrogen) atoms. The normalized spacial score (nSPS) is 17.0. The minimum atomic E-state index is -0.210. The monoisotopic (exact) mass is 354 g/mol. The first-order valence-electron chi connectivity index (χ1n) is 9.09. The quantitative estimate of drug-likeness (QED) is 0.892. The summed E-state index contributed by atoms with van der Waals surface area (Å²) in [7, 11) is 0. The number of carbonyl (C=O) groups excluding carboxylic acids is 1. The SMILES string of the molecule is Cc1ccc(NC(=O)COc2cc(C)nc(N3CCCC(C)C3)n2)cc1. The molecule has 1 aliphatic rings. The van der Waals surface area contributed by atoms with Crippen LogP contribution < -0.4 is 15.0 Å². The zero-order chi connectivity index (χ0) is 18.5. The van der Waals surface area contributed by atoms with Gasteiger partial charge in [-0.15, -0.1) is 0 Å². The van der Waals surface area contributed by atoms with Crippen LogP contribution in [-0.4, -0.2) is 35.6 Å². The molecule has 1 aromatic heterocycles. The van der Waals surface area contributed by atoms with Crippen LogP contribution in [0.25, 0.3) is 0 Å². The maximum Gasteiger partial charge on any atom is 0.262 e. The van der Waals surface area contributed by atoms with Crippen LogP contribution in [0.15, 0.2) is 30.3 Å². The predicted molar refractivity (Wildman–Crippen MR) is 103 cm³/mol. The van der Waals surface area contributed by atoms with E-state index in [0.717, 1.165) is 36.5 Å². The molecular weight excluding hydrogens is 328 g/mol. The first-order chi connectivity index (χ1) is 12.5. The number of amides is 1. The lowest BCUT2D eigenvalue weighted by atomic mass is 10.0. The number of nitrogens with zero attached hydrogens (tertiary/aromatic N) is 3. The Hall–Kier alpha value is -2.63. The van der Waals surface area contributed by atoms with Crippen molar-refractivity contribution in [3.05, 3.63) is 41.6 Å². The Morgan fingerprint density at radius 2 is 2.04 bits per heavy atom. The number of piperidine rings is 1. The van der Waals surface area contributed by atoms with Crippen LogP contribution in [0.3, 0.4) is 0 Å². The van der Waals surface area contributed by atoms with Crippen molar-refractivity contribution in [2.75, 3.05) is 29.9 Å². The number of nitrogens with one attached hydrogen (secondary N) is 1. The lowest BCUT2D eigenvalue weighted by Crippen LogP contribution is -2.35. The first kappa shape index (κ1) is 18.2. The summed E-state index contributed by atoms with van der Waals surface area (Å²) in [6.07, 6.45) is 2.39. The zero-order valence-corrected chi connectivity index (χ0v) is 15.7. The van der Waals surface area contributed by atoms with E-state index < -0.39 is 0 Å². The molecule has 2 heterocycles. The van der Waals surface area contributed by atoms with E-state index in [9.17, 15) is 4.79 Å². The molecule has 0 aliphatic carbocycles. The molecule has 1 N–H and O–H groups in total.